The Labute approximate surface area is 184 Å². The number of hydrogen-bond donors (Lipinski definition) is 0. The van der Waals surface area contributed by atoms with Crippen LogP contribution in [0.25, 0.3) is 22.6 Å². The zero-order valence-electron chi connectivity index (χ0n) is 15.2. The molecule has 0 amide bonds. The summed E-state index contributed by atoms with van der Waals surface area (Å²) in [6.07, 6.45) is 3.94. The summed E-state index contributed by atoms with van der Waals surface area (Å²) < 4.78 is 2.13. The highest BCUT2D eigenvalue weighted by Crippen LogP contribution is 2.29. The van der Waals surface area contributed by atoms with Crippen LogP contribution in [0.3, 0.4) is 0 Å². The molecule has 0 saturated heterocycles. The number of allylic oxidation sites excluding steroid dienone is 1. The fraction of sp³-hybridized carbons (Fsp3) is 0.0417. The van der Waals surface area contributed by atoms with Gasteiger partial charge in [-0.05, 0) is 47.5 Å². The molecule has 0 fully saturated rings. The highest BCUT2D eigenvalue weighted by Gasteiger charge is 2.11. The van der Waals surface area contributed by atoms with Gasteiger partial charge in [0, 0.05) is 44.3 Å². The molecule has 0 unspecified atom stereocenters. The second kappa shape index (κ2) is 8.35. The Morgan fingerprint density at radius 2 is 1.72 bits per heavy atom. The van der Waals surface area contributed by atoms with E-state index < -0.39 is 0 Å². The molecule has 0 bridgehead atoms. The molecule has 29 heavy (non-hydrogen) atoms. The van der Waals surface area contributed by atoms with E-state index in [4.69, 9.17) is 34.8 Å². The molecular formula is C24H15Cl3N2. The number of halogens is 3. The standard InChI is InChI=1S/C24H15Cl3N2/c25-20-5-3-4-16(11-20)18(13-28)10-19-15-29(24-7-2-1-6-22(19)24)14-17-8-9-21(26)12-23(17)27/h1-12,15H,14H2/b18-10+. The first-order valence-corrected chi connectivity index (χ1v) is 10.1. The van der Waals surface area contributed by atoms with E-state index in [9.17, 15) is 5.26 Å². The molecule has 142 valence electrons. The molecule has 4 aromatic rings. The normalized spacial score (nSPS) is 11.6. The van der Waals surface area contributed by atoms with E-state index in [1.807, 2.05) is 54.7 Å². The summed E-state index contributed by atoms with van der Waals surface area (Å²) in [6, 6.07) is 23.2. The molecule has 2 nitrogen and oxygen atoms in total. The second-order valence-electron chi connectivity index (χ2n) is 6.65. The largest absolute Gasteiger partial charge is 0.342 e. The number of rotatable bonds is 4. The van der Waals surface area contributed by atoms with Crippen molar-refractivity contribution in [2.24, 2.45) is 0 Å². The maximum absolute atomic E-state index is 9.71. The van der Waals surface area contributed by atoms with E-state index in [2.05, 4.69) is 16.7 Å². The molecule has 1 heterocycles. The lowest BCUT2D eigenvalue weighted by Crippen LogP contribution is -1.98. The fourth-order valence-corrected chi connectivity index (χ4v) is 4.00. The van der Waals surface area contributed by atoms with Gasteiger partial charge in [-0.15, -0.1) is 0 Å². The molecule has 0 atom stereocenters. The average molecular weight is 438 g/mol. The van der Waals surface area contributed by atoms with Crippen molar-refractivity contribution in [1.29, 1.82) is 5.26 Å². The smallest absolute Gasteiger partial charge is 0.0998 e. The van der Waals surface area contributed by atoms with Crippen molar-refractivity contribution in [2.75, 3.05) is 0 Å². The highest BCUT2D eigenvalue weighted by molar-refractivity contribution is 6.35. The fourth-order valence-electron chi connectivity index (χ4n) is 3.35. The average Bonchev–Trinajstić information content (AvgIpc) is 3.06. The molecule has 0 aliphatic heterocycles. The molecule has 0 radical (unpaired) electrons. The first-order valence-electron chi connectivity index (χ1n) is 8.94. The minimum absolute atomic E-state index is 0.555. The first-order chi connectivity index (χ1) is 14.0. The van der Waals surface area contributed by atoms with Crippen molar-refractivity contribution >= 4 is 57.4 Å². The molecule has 3 aromatic carbocycles. The van der Waals surface area contributed by atoms with E-state index >= 15 is 0 Å². The van der Waals surface area contributed by atoms with Crippen molar-refractivity contribution in [3.63, 3.8) is 0 Å². The number of nitriles is 1. The monoisotopic (exact) mass is 436 g/mol. The maximum Gasteiger partial charge on any atom is 0.0998 e. The molecule has 0 aliphatic carbocycles. The van der Waals surface area contributed by atoms with Crippen molar-refractivity contribution in [1.82, 2.24) is 4.57 Å². The summed E-state index contributed by atoms with van der Waals surface area (Å²) in [5.74, 6) is 0. The van der Waals surface area contributed by atoms with Crippen LogP contribution in [0.5, 0.6) is 0 Å². The topological polar surface area (TPSA) is 28.7 Å². The van der Waals surface area contributed by atoms with Gasteiger partial charge in [0.25, 0.3) is 0 Å². The SMILES string of the molecule is N#C/C(=C\c1cn(Cc2ccc(Cl)cc2Cl)c2ccccc12)c1cccc(Cl)c1. The molecule has 1 aromatic heterocycles. The predicted octanol–water partition coefficient (Wildman–Crippen LogP) is 7.71. The van der Waals surface area contributed by atoms with Crippen molar-refractivity contribution < 1.29 is 0 Å². The highest BCUT2D eigenvalue weighted by atomic mass is 35.5. The maximum atomic E-state index is 9.71. The van der Waals surface area contributed by atoms with Gasteiger partial charge in [-0.2, -0.15) is 5.26 Å². The predicted molar refractivity (Wildman–Crippen MR) is 122 cm³/mol. The van der Waals surface area contributed by atoms with E-state index in [-0.39, 0.29) is 0 Å². The third kappa shape index (κ3) is 4.18. The Morgan fingerprint density at radius 3 is 2.48 bits per heavy atom. The van der Waals surface area contributed by atoms with Gasteiger partial charge in [-0.1, -0.05) is 71.2 Å². The molecule has 0 spiro atoms. The number of hydrogen-bond acceptors (Lipinski definition) is 1. The van der Waals surface area contributed by atoms with Gasteiger partial charge in [0.15, 0.2) is 0 Å². The van der Waals surface area contributed by atoms with Gasteiger partial charge in [-0.25, -0.2) is 0 Å². The summed E-state index contributed by atoms with van der Waals surface area (Å²) >= 11 is 18.5. The van der Waals surface area contributed by atoms with Crippen molar-refractivity contribution in [3.8, 4) is 6.07 Å². The lowest BCUT2D eigenvalue weighted by molar-refractivity contribution is 0.836. The summed E-state index contributed by atoms with van der Waals surface area (Å²) in [5.41, 5.74) is 4.34. The number of para-hydroxylation sites is 1. The Morgan fingerprint density at radius 1 is 0.931 bits per heavy atom. The van der Waals surface area contributed by atoms with Gasteiger partial charge >= 0.3 is 0 Å². The summed E-state index contributed by atoms with van der Waals surface area (Å²) in [5, 5.41) is 12.6. The molecule has 4 rings (SSSR count). The third-order valence-corrected chi connectivity index (χ3v) is 5.55. The molecule has 0 saturated carbocycles. The van der Waals surface area contributed by atoms with Gasteiger partial charge in [-0.3, -0.25) is 0 Å². The van der Waals surface area contributed by atoms with Crippen molar-refractivity contribution in [2.45, 2.75) is 6.54 Å². The van der Waals surface area contributed by atoms with Crippen molar-refractivity contribution in [3.05, 3.63) is 105 Å². The lowest BCUT2D eigenvalue weighted by atomic mass is 10.0. The number of benzene rings is 3. The van der Waals surface area contributed by atoms with Crippen LogP contribution in [0.1, 0.15) is 16.7 Å². The lowest BCUT2D eigenvalue weighted by Gasteiger charge is -2.08. The molecule has 0 aliphatic rings. The Bertz CT molecular complexity index is 1280. The van der Waals surface area contributed by atoms with Gasteiger partial charge in [0.1, 0.15) is 0 Å². The zero-order chi connectivity index (χ0) is 20.4. The van der Waals surface area contributed by atoms with Crippen LogP contribution in [0.4, 0.5) is 0 Å². The second-order valence-corrected chi connectivity index (χ2v) is 7.93. The zero-order valence-corrected chi connectivity index (χ0v) is 17.5. The number of fused-ring (bicyclic) bond motifs is 1. The molecule has 5 heteroatoms. The van der Waals surface area contributed by atoms with E-state index in [1.165, 1.54) is 0 Å². The molecule has 0 N–H and O–H groups in total. The minimum Gasteiger partial charge on any atom is -0.342 e. The van der Waals surface area contributed by atoms with E-state index in [0.29, 0.717) is 27.2 Å². The van der Waals surface area contributed by atoms with E-state index in [1.54, 1.807) is 18.2 Å². The Balaban J connectivity index is 1.81. The van der Waals surface area contributed by atoms with E-state index in [0.717, 1.165) is 27.6 Å². The minimum atomic E-state index is 0.555. The summed E-state index contributed by atoms with van der Waals surface area (Å²) in [7, 11) is 0. The quantitative estimate of drug-likeness (QED) is 0.300. The van der Waals surface area contributed by atoms with Crippen LogP contribution >= 0.6 is 34.8 Å². The summed E-state index contributed by atoms with van der Waals surface area (Å²) in [6.45, 7) is 0.601. The van der Waals surface area contributed by atoms with Crippen LogP contribution in [0.15, 0.2) is 72.9 Å². The van der Waals surface area contributed by atoms with Crippen LogP contribution in [0.2, 0.25) is 15.1 Å². The molecular weight excluding hydrogens is 423 g/mol. The van der Waals surface area contributed by atoms with Crippen LogP contribution in [-0.2, 0) is 6.54 Å². The number of nitrogens with zero attached hydrogens (tertiary/aromatic N) is 2. The van der Waals surface area contributed by atoms with Crippen LogP contribution < -0.4 is 0 Å². The Hall–Kier alpha value is -2.70. The van der Waals surface area contributed by atoms with Crippen LogP contribution in [-0.4, -0.2) is 4.57 Å². The van der Waals surface area contributed by atoms with Gasteiger partial charge < -0.3 is 4.57 Å². The van der Waals surface area contributed by atoms with Gasteiger partial charge in [0.2, 0.25) is 0 Å². The third-order valence-electron chi connectivity index (χ3n) is 4.73. The first kappa shape index (κ1) is 19.6. The van der Waals surface area contributed by atoms with Crippen LogP contribution in [0, 0.1) is 11.3 Å². The summed E-state index contributed by atoms with van der Waals surface area (Å²) in [4.78, 5) is 0. The number of aromatic nitrogens is 1. The van der Waals surface area contributed by atoms with Gasteiger partial charge in [0.05, 0.1) is 11.6 Å². The Kier molecular flexibility index (Phi) is 5.65.